The summed E-state index contributed by atoms with van der Waals surface area (Å²) in [6.07, 6.45) is 0.974. The number of aromatic nitrogens is 1. The van der Waals surface area contributed by atoms with E-state index in [1.54, 1.807) is 18.2 Å². The highest BCUT2D eigenvalue weighted by molar-refractivity contribution is 5.38. The normalized spacial score (nSPS) is 10.3. The first-order chi connectivity index (χ1) is 9.17. The molecule has 5 heteroatoms. The topological polar surface area (TPSA) is 34.1 Å². The molecule has 1 N–H and O–H groups in total. The molecule has 100 valence electrons. The fraction of sp³-hybridized carbons (Fsp3) is 0.214. The molecule has 0 spiro atoms. The molecule has 1 aromatic heterocycles. The number of benzene rings is 1. The summed E-state index contributed by atoms with van der Waals surface area (Å²) in [5.74, 6) is -0.342. The number of hydrogen-bond acceptors (Lipinski definition) is 3. The molecular formula is C14H14F2N2O. The number of nitrogens with zero attached hydrogens (tertiary/aromatic N) is 1. The molecule has 0 fully saturated rings. The van der Waals surface area contributed by atoms with Crippen molar-refractivity contribution in [3.05, 3.63) is 48.0 Å². The number of nitrogens with one attached hydrogen (secondary N) is 1. The lowest BCUT2D eigenvalue weighted by atomic mass is 10.3. The summed E-state index contributed by atoms with van der Waals surface area (Å²) < 4.78 is 31.4. The molecule has 0 aliphatic heterocycles. The minimum Gasteiger partial charge on any atom is -0.439 e. The Morgan fingerprint density at radius 2 is 1.89 bits per heavy atom. The van der Waals surface area contributed by atoms with Crippen molar-refractivity contribution in [3.63, 3.8) is 0 Å². The zero-order chi connectivity index (χ0) is 13.7. The highest BCUT2D eigenvalue weighted by Gasteiger charge is 2.04. The first-order valence-electron chi connectivity index (χ1n) is 6.02. The summed E-state index contributed by atoms with van der Waals surface area (Å²) in [7, 11) is 0. The van der Waals surface area contributed by atoms with Crippen LogP contribution in [0.3, 0.4) is 0 Å². The molecule has 0 radical (unpaired) electrons. The predicted molar refractivity (Wildman–Crippen MR) is 69.4 cm³/mol. The third-order valence-electron chi connectivity index (χ3n) is 2.34. The third-order valence-corrected chi connectivity index (χ3v) is 2.34. The van der Waals surface area contributed by atoms with Crippen LogP contribution < -0.4 is 10.1 Å². The third kappa shape index (κ3) is 3.91. The first kappa shape index (κ1) is 13.3. The molecular weight excluding hydrogens is 250 g/mol. The molecule has 0 atom stereocenters. The maximum Gasteiger partial charge on any atom is 0.221 e. The van der Waals surface area contributed by atoms with E-state index in [1.165, 1.54) is 0 Å². The van der Waals surface area contributed by atoms with Gasteiger partial charge in [0.2, 0.25) is 5.88 Å². The van der Waals surface area contributed by atoms with Crippen molar-refractivity contribution in [2.45, 2.75) is 13.3 Å². The number of pyridine rings is 1. The smallest absolute Gasteiger partial charge is 0.221 e. The van der Waals surface area contributed by atoms with E-state index in [2.05, 4.69) is 10.3 Å². The molecule has 0 saturated carbocycles. The lowest BCUT2D eigenvalue weighted by Gasteiger charge is -2.08. The Hall–Kier alpha value is -2.17. The molecule has 0 saturated heterocycles. The van der Waals surface area contributed by atoms with Gasteiger partial charge in [-0.1, -0.05) is 13.0 Å². The summed E-state index contributed by atoms with van der Waals surface area (Å²) in [6, 6.07) is 8.19. The second-order valence-electron chi connectivity index (χ2n) is 4.00. The maximum atomic E-state index is 13.0. The van der Waals surface area contributed by atoms with Gasteiger partial charge in [0.25, 0.3) is 0 Å². The molecule has 0 bridgehead atoms. The average molecular weight is 264 g/mol. The second kappa shape index (κ2) is 6.13. The SMILES string of the molecule is CCCNc1cccc(Oc2cc(F)cc(F)c2)n1. The van der Waals surface area contributed by atoms with E-state index in [0.29, 0.717) is 5.82 Å². The molecule has 1 heterocycles. The fourth-order valence-electron chi connectivity index (χ4n) is 1.53. The van der Waals surface area contributed by atoms with Crippen LogP contribution in [0.2, 0.25) is 0 Å². The summed E-state index contributed by atoms with van der Waals surface area (Å²) >= 11 is 0. The van der Waals surface area contributed by atoms with Gasteiger partial charge >= 0.3 is 0 Å². The van der Waals surface area contributed by atoms with Crippen molar-refractivity contribution in [2.24, 2.45) is 0 Å². The van der Waals surface area contributed by atoms with Crippen LogP contribution in [-0.2, 0) is 0 Å². The van der Waals surface area contributed by atoms with E-state index in [-0.39, 0.29) is 11.6 Å². The Kier molecular flexibility index (Phi) is 4.28. The largest absolute Gasteiger partial charge is 0.439 e. The highest BCUT2D eigenvalue weighted by atomic mass is 19.1. The van der Waals surface area contributed by atoms with Crippen LogP contribution in [-0.4, -0.2) is 11.5 Å². The van der Waals surface area contributed by atoms with Gasteiger partial charge in [0.15, 0.2) is 0 Å². The van der Waals surface area contributed by atoms with Gasteiger partial charge in [-0.15, -0.1) is 0 Å². The summed E-state index contributed by atoms with van der Waals surface area (Å²) in [4.78, 5) is 4.19. The highest BCUT2D eigenvalue weighted by Crippen LogP contribution is 2.22. The van der Waals surface area contributed by atoms with E-state index < -0.39 is 11.6 Å². The molecule has 19 heavy (non-hydrogen) atoms. The molecule has 1 aromatic carbocycles. The van der Waals surface area contributed by atoms with Gasteiger partial charge in [0.05, 0.1) is 0 Å². The summed E-state index contributed by atoms with van der Waals surface area (Å²) in [5, 5.41) is 3.10. The number of ether oxygens (including phenoxy) is 1. The first-order valence-corrected chi connectivity index (χ1v) is 6.02. The minimum atomic E-state index is -0.685. The van der Waals surface area contributed by atoms with E-state index in [0.717, 1.165) is 31.2 Å². The van der Waals surface area contributed by atoms with Crippen LogP contribution in [0.5, 0.6) is 11.6 Å². The zero-order valence-corrected chi connectivity index (χ0v) is 10.5. The Balaban J connectivity index is 2.13. The Labute approximate surface area is 110 Å². The van der Waals surface area contributed by atoms with E-state index in [4.69, 9.17) is 4.74 Å². The van der Waals surface area contributed by atoms with Gasteiger partial charge in [-0.05, 0) is 12.5 Å². The van der Waals surface area contributed by atoms with Gasteiger partial charge in [0, 0.05) is 30.8 Å². The van der Waals surface area contributed by atoms with Crippen LogP contribution in [0.25, 0.3) is 0 Å². The molecule has 2 aromatic rings. The average Bonchev–Trinajstić information content (AvgIpc) is 2.35. The van der Waals surface area contributed by atoms with Crippen LogP contribution in [0, 0.1) is 11.6 Å². The van der Waals surface area contributed by atoms with Crippen molar-refractivity contribution >= 4 is 5.82 Å². The van der Waals surface area contributed by atoms with E-state index in [1.807, 2.05) is 6.92 Å². The van der Waals surface area contributed by atoms with Gasteiger partial charge in [-0.2, -0.15) is 4.98 Å². The fourth-order valence-corrected chi connectivity index (χ4v) is 1.53. The van der Waals surface area contributed by atoms with Crippen molar-refractivity contribution < 1.29 is 13.5 Å². The second-order valence-corrected chi connectivity index (χ2v) is 4.00. The van der Waals surface area contributed by atoms with Gasteiger partial charge in [-0.3, -0.25) is 0 Å². The number of rotatable bonds is 5. The molecule has 0 aliphatic rings. The monoisotopic (exact) mass is 264 g/mol. The van der Waals surface area contributed by atoms with Gasteiger partial charge in [0.1, 0.15) is 23.2 Å². The summed E-state index contributed by atoms with van der Waals surface area (Å²) in [6.45, 7) is 2.84. The minimum absolute atomic E-state index is 0.0811. The number of halogens is 2. The lowest BCUT2D eigenvalue weighted by molar-refractivity contribution is 0.452. The zero-order valence-electron chi connectivity index (χ0n) is 10.5. The Morgan fingerprint density at radius 3 is 2.58 bits per heavy atom. The van der Waals surface area contributed by atoms with Crippen molar-refractivity contribution in [3.8, 4) is 11.6 Å². The summed E-state index contributed by atoms with van der Waals surface area (Å²) in [5.41, 5.74) is 0. The van der Waals surface area contributed by atoms with E-state index in [9.17, 15) is 8.78 Å². The van der Waals surface area contributed by atoms with E-state index >= 15 is 0 Å². The number of hydrogen-bond donors (Lipinski definition) is 1. The Bertz CT molecular complexity index is 541. The van der Waals surface area contributed by atoms with Gasteiger partial charge in [-0.25, -0.2) is 8.78 Å². The van der Waals surface area contributed by atoms with Crippen molar-refractivity contribution in [2.75, 3.05) is 11.9 Å². The Morgan fingerprint density at radius 1 is 1.16 bits per heavy atom. The molecule has 0 unspecified atom stereocenters. The van der Waals surface area contributed by atoms with Crippen LogP contribution in [0.15, 0.2) is 36.4 Å². The lowest BCUT2D eigenvalue weighted by Crippen LogP contribution is -2.02. The maximum absolute atomic E-state index is 13.0. The molecule has 0 aliphatic carbocycles. The van der Waals surface area contributed by atoms with Crippen molar-refractivity contribution in [1.29, 1.82) is 0 Å². The standard InChI is InChI=1S/C14H14F2N2O/c1-2-6-17-13-4-3-5-14(18-13)19-12-8-10(15)7-11(16)9-12/h3-5,7-9H,2,6H2,1H3,(H,17,18). The van der Waals surface area contributed by atoms with Crippen LogP contribution in [0.1, 0.15) is 13.3 Å². The number of anilines is 1. The molecule has 0 amide bonds. The quantitative estimate of drug-likeness (QED) is 0.887. The van der Waals surface area contributed by atoms with Gasteiger partial charge < -0.3 is 10.1 Å². The molecule has 3 nitrogen and oxygen atoms in total. The molecule has 2 rings (SSSR count). The van der Waals surface area contributed by atoms with Crippen molar-refractivity contribution in [1.82, 2.24) is 4.98 Å². The van der Waals surface area contributed by atoms with Crippen LogP contribution in [0.4, 0.5) is 14.6 Å². The van der Waals surface area contributed by atoms with Crippen LogP contribution >= 0.6 is 0 Å². The predicted octanol–water partition coefficient (Wildman–Crippen LogP) is 3.97.